The van der Waals surface area contributed by atoms with Crippen molar-refractivity contribution in [1.82, 2.24) is 5.43 Å². The Kier molecular flexibility index (Phi) is 7.80. The SMILES string of the molecule is COc1c(OCC(=O)C(C)(C)CC(=O)O)cc2c(c1OC)C1=C(CCC2)CCC1=NNC=NN. The van der Waals surface area contributed by atoms with E-state index in [1.807, 2.05) is 6.07 Å². The number of methoxy groups -OCH3 is 2. The van der Waals surface area contributed by atoms with Crippen LogP contribution in [0.25, 0.3) is 5.57 Å². The minimum Gasteiger partial charge on any atom is -0.492 e. The summed E-state index contributed by atoms with van der Waals surface area (Å²) in [7, 11) is 3.08. The fourth-order valence-corrected chi connectivity index (χ4v) is 4.49. The Balaban J connectivity index is 2.01. The molecule has 0 unspecified atom stereocenters. The summed E-state index contributed by atoms with van der Waals surface area (Å²) in [6, 6.07) is 1.88. The number of nitrogens with one attached hydrogen (secondary N) is 1. The van der Waals surface area contributed by atoms with Gasteiger partial charge in [-0.3, -0.25) is 15.0 Å². The first-order valence-electron chi connectivity index (χ1n) is 11.2. The summed E-state index contributed by atoms with van der Waals surface area (Å²) >= 11 is 0. The zero-order valence-corrected chi connectivity index (χ0v) is 20.1. The van der Waals surface area contributed by atoms with Gasteiger partial charge in [0.05, 0.1) is 26.4 Å². The van der Waals surface area contributed by atoms with E-state index in [1.165, 1.54) is 19.0 Å². The second-order valence-electron chi connectivity index (χ2n) is 8.94. The Morgan fingerprint density at radius 2 is 1.91 bits per heavy atom. The van der Waals surface area contributed by atoms with E-state index < -0.39 is 11.4 Å². The molecule has 0 fully saturated rings. The Hall–Kier alpha value is -3.56. The summed E-state index contributed by atoms with van der Waals surface area (Å²) in [4.78, 5) is 23.8. The number of aryl methyl sites for hydroxylation is 1. The third-order valence-corrected chi connectivity index (χ3v) is 6.21. The lowest BCUT2D eigenvalue weighted by Gasteiger charge is -2.23. The number of nitrogens with two attached hydrogens (primary N) is 1. The summed E-state index contributed by atoms with van der Waals surface area (Å²) < 4.78 is 17.4. The van der Waals surface area contributed by atoms with Crippen molar-refractivity contribution >= 4 is 29.4 Å². The van der Waals surface area contributed by atoms with E-state index >= 15 is 0 Å². The van der Waals surface area contributed by atoms with Gasteiger partial charge in [-0.1, -0.05) is 19.4 Å². The number of Topliss-reactive ketones (excluding diaryl/α,β-unsaturated/α-hetero) is 1. The highest BCUT2D eigenvalue weighted by atomic mass is 16.5. The first-order valence-corrected chi connectivity index (χ1v) is 11.2. The van der Waals surface area contributed by atoms with Gasteiger partial charge in [0, 0.05) is 16.6 Å². The first kappa shape index (κ1) is 25.1. The van der Waals surface area contributed by atoms with E-state index in [2.05, 4.69) is 15.6 Å². The van der Waals surface area contributed by atoms with Gasteiger partial charge in [0.15, 0.2) is 17.3 Å². The number of hydrogen-bond acceptors (Lipinski definition) is 8. The summed E-state index contributed by atoms with van der Waals surface area (Å²) in [5.41, 5.74) is 6.86. The molecule has 0 radical (unpaired) electrons. The molecule has 0 spiro atoms. The van der Waals surface area contributed by atoms with Gasteiger partial charge in [-0.15, -0.1) is 0 Å². The maximum atomic E-state index is 12.7. The number of nitrogens with zero attached hydrogens (tertiary/aromatic N) is 2. The molecule has 0 heterocycles. The smallest absolute Gasteiger partial charge is 0.304 e. The molecule has 1 aromatic rings. The Morgan fingerprint density at radius 1 is 1.18 bits per heavy atom. The second kappa shape index (κ2) is 10.6. The predicted octanol–water partition coefficient (Wildman–Crippen LogP) is 2.88. The third kappa shape index (κ3) is 5.16. The summed E-state index contributed by atoms with van der Waals surface area (Å²) in [6.07, 6.45) is 5.43. The zero-order valence-electron chi connectivity index (χ0n) is 20.1. The Morgan fingerprint density at radius 3 is 2.56 bits per heavy atom. The third-order valence-electron chi connectivity index (χ3n) is 6.21. The number of hydrazone groups is 2. The lowest BCUT2D eigenvalue weighted by Crippen LogP contribution is -2.31. The fourth-order valence-electron chi connectivity index (χ4n) is 4.49. The van der Waals surface area contributed by atoms with E-state index in [4.69, 9.17) is 25.2 Å². The van der Waals surface area contributed by atoms with Crippen molar-refractivity contribution in [3.8, 4) is 17.2 Å². The molecular weight excluding hydrogens is 440 g/mol. The number of aliphatic carboxylic acids is 1. The number of carboxylic acid groups (broad SMARTS) is 1. The maximum Gasteiger partial charge on any atom is 0.304 e. The summed E-state index contributed by atoms with van der Waals surface area (Å²) in [5, 5.41) is 17.0. The van der Waals surface area contributed by atoms with E-state index in [0.717, 1.165) is 54.5 Å². The summed E-state index contributed by atoms with van der Waals surface area (Å²) in [5.74, 6) is 5.10. The van der Waals surface area contributed by atoms with Crippen LogP contribution in [-0.4, -0.2) is 49.7 Å². The van der Waals surface area contributed by atoms with Gasteiger partial charge in [-0.2, -0.15) is 10.2 Å². The topological polar surface area (TPSA) is 145 Å². The molecule has 0 aliphatic heterocycles. The monoisotopic (exact) mass is 472 g/mol. The van der Waals surface area contributed by atoms with Gasteiger partial charge in [0.25, 0.3) is 0 Å². The minimum absolute atomic E-state index is 0.276. The van der Waals surface area contributed by atoms with Crippen LogP contribution < -0.4 is 25.5 Å². The van der Waals surface area contributed by atoms with Gasteiger partial charge in [0.2, 0.25) is 5.75 Å². The van der Waals surface area contributed by atoms with Crippen LogP contribution in [0.1, 0.15) is 57.1 Å². The van der Waals surface area contributed by atoms with Crippen LogP contribution in [-0.2, 0) is 16.0 Å². The molecule has 0 aromatic heterocycles. The van der Waals surface area contributed by atoms with Gasteiger partial charge in [-0.25, -0.2) is 0 Å². The van der Waals surface area contributed by atoms with Crippen molar-refractivity contribution in [3.63, 3.8) is 0 Å². The number of hydrogen-bond donors (Lipinski definition) is 3. The normalized spacial score (nSPS) is 16.8. The number of carbonyl (C=O) groups is 2. The van der Waals surface area contributed by atoms with Crippen molar-refractivity contribution in [2.75, 3.05) is 20.8 Å². The maximum absolute atomic E-state index is 12.7. The lowest BCUT2D eigenvalue weighted by molar-refractivity contribution is -0.144. The van der Waals surface area contributed by atoms with Crippen molar-refractivity contribution in [3.05, 3.63) is 22.8 Å². The van der Waals surface area contributed by atoms with Crippen LogP contribution >= 0.6 is 0 Å². The number of carbonyl (C=O) groups excluding carboxylic acids is 1. The first-order chi connectivity index (χ1) is 16.2. The van der Waals surface area contributed by atoms with E-state index in [0.29, 0.717) is 17.2 Å². The largest absolute Gasteiger partial charge is 0.492 e. The standard InChI is InChI=1S/C24H32N4O6/c1-24(2,11-19(30)31)18(29)12-34-17-10-15-7-5-6-14-8-9-16(28-27-13-26-25)20(14)21(15)23(33-4)22(17)32-3/h10,13H,5-9,11-12,25H2,1-4H3,(H,26,27)(H,30,31). The highest BCUT2D eigenvalue weighted by Gasteiger charge is 2.34. The van der Waals surface area contributed by atoms with Crippen LogP contribution in [0.2, 0.25) is 0 Å². The van der Waals surface area contributed by atoms with Crippen molar-refractivity contribution < 1.29 is 28.9 Å². The molecule has 0 atom stereocenters. The lowest BCUT2D eigenvalue weighted by atomic mass is 9.85. The molecule has 2 aliphatic rings. The quantitative estimate of drug-likeness (QED) is 0.204. The minimum atomic E-state index is -1.05. The fraction of sp³-hybridized carbons (Fsp3) is 0.500. The number of allylic oxidation sites excluding steroid dienone is 2. The molecule has 2 aliphatic carbocycles. The van der Waals surface area contributed by atoms with Crippen molar-refractivity contribution in [2.24, 2.45) is 21.5 Å². The molecule has 0 amide bonds. The van der Waals surface area contributed by atoms with Crippen LogP contribution in [0.15, 0.2) is 21.8 Å². The number of ketones is 1. The van der Waals surface area contributed by atoms with Crippen LogP contribution in [0.3, 0.4) is 0 Å². The summed E-state index contributed by atoms with van der Waals surface area (Å²) in [6.45, 7) is 2.92. The molecule has 4 N–H and O–H groups in total. The number of fused-ring (bicyclic) bond motifs is 2. The highest BCUT2D eigenvalue weighted by Crippen LogP contribution is 2.50. The average Bonchev–Trinajstić information content (AvgIpc) is 3.08. The number of rotatable bonds is 10. The molecule has 3 rings (SSSR count). The molecule has 10 heteroatoms. The molecule has 10 nitrogen and oxygen atoms in total. The Labute approximate surface area is 198 Å². The van der Waals surface area contributed by atoms with Gasteiger partial charge >= 0.3 is 5.97 Å². The average molecular weight is 473 g/mol. The molecule has 184 valence electrons. The molecule has 0 saturated heterocycles. The number of ether oxygens (including phenoxy) is 3. The second-order valence-corrected chi connectivity index (χ2v) is 8.94. The van der Waals surface area contributed by atoms with Crippen LogP contribution in [0.4, 0.5) is 0 Å². The van der Waals surface area contributed by atoms with E-state index in [1.54, 1.807) is 21.0 Å². The Bertz CT molecular complexity index is 1060. The van der Waals surface area contributed by atoms with Crippen LogP contribution in [0, 0.1) is 5.41 Å². The zero-order chi connectivity index (χ0) is 24.9. The molecular formula is C24H32N4O6. The number of benzene rings is 1. The van der Waals surface area contributed by atoms with Crippen molar-refractivity contribution in [2.45, 2.75) is 52.4 Å². The molecule has 1 aromatic carbocycles. The number of carboxylic acids is 1. The van der Waals surface area contributed by atoms with Gasteiger partial charge in [-0.05, 0) is 43.7 Å². The van der Waals surface area contributed by atoms with E-state index in [9.17, 15) is 9.59 Å². The molecule has 0 bridgehead atoms. The molecule has 34 heavy (non-hydrogen) atoms. The van der Waals surface area contributed by atoms with Gasteiger partial charge in [0.1, 0.15) is 12.9 Å². The predicted molar refractivity (Wildman–Crippen MR) is 128 cm³/mol. The highest BCUT2D eigenvalue weighted by molar-refractivity contribution is 6.28. The van der Waals surface area contributed by atoms with Crippen LogP contribution in [0.5, 0.6) is 17.2 Å². The van der Waals surface area contributed by atoms with Gasteiger partial charge < -0.3 is 25.2 Å². The van der Waals surface area contributed by atoms with Crippen molar-refractivity contribution in [1.29, 1.82) is 0 Å². The molecule has 0 saturated carbocycles. The van der Waals surface area contributed by atoms with E-state index in [-0.39, 0.29) is 18.8 Å².